The van der Waals surface area contributed by atoms with Crippen molar-refractivity contribution in [3.05, 3.63) is 60.8 Å². The summed E-state index contributed by atoms with van der Waals surface area (Å²) in [5.74, 6) is -1.13. The van der Waals surface area contributed by atoms with Crippen LogP contribution in [0.5, 0.6) is 0 Å². The number of carbonyl (C=O) groups excluding carboxylic acids is 1. The van der Waals surface area contributed by atoms with Crippen LogP contribution in [0.1, 0.15) is 39.5 Å². The number of allylic oxidation sites excluding steroid dienone is 3. The van der Waals surface area contributed by atoms with Crippen molar-refractivity contribution in [3.8, 4) is 11.4 Å². The standard InChI is InChI=1S/C26H29FN6O4S/c1-3-37-22(34)17-32(18-9-7-10-18)31-24-21(27)15-29-23(30-24)20-16-33(25-19(20)11-8-14-28-25)38(35,36)26(2)12-5-4-6-13-26/h4-6,8,11-12,14-16,18H,3,7,9-10,13,17H2,1-2H3,(H,29,30,31). The number of hydrogen-bond acceptors (Lipinski definition) is 9. The topological polar surface area (TPSA) is 119 Å². The first kappa shape index (κ1) is 26.0. The van der Waals surface area contributed by atoms with E-state index in [4.69, 9.17) is 4.74 Å². The fraction of sp³-hybridized carbons (Fsp3) is 0.385. The van der Waals surface area contributed by atoms with Crippen LogP contribution in [0.2, 0.25) is 0 Å². The molecule has 200 valence electrons. The van der Waals surface area contributed by atoms with Crippen LogP contribution in [0, 0.1) is 5.82 Å². The summed E-state index contributed by atoms with van der Waals surface area (Å²) in [5, 5.41) is 2.14. The lowest BCUT2D eigenvalue weighted by atomic mass is 9.92. The number of rotatable bonds is 9. The summed E-state index contributed by atoms with van der Waals surface area (Å²) in [5.41, 5.74) is 3.56. The summed E-state index contributed by atoms with van der Waals surface area (Å²) < 4.78 is 47.5. The number of anilines is 1. The molecule has 0 saturated heterocycles. The Kier molecular flexibility index (Phi) is 7.01. The van der Waals surface area contributed by atoms with Crippen molar-refractivity contribution in [1.29, 1.82) is 0 Å². The number of halogens is 1. The normalized spacial score (nSPS) is 19.6. The van der Waals surface area contributed by atoms with E-state index in [0.29, 0.717) is 17.4 Å². The van der Waals surface area contributed by atoms with E-state index in [1.165, 1.54) is 12.4 Å². The molecular formula is C26H29FN6O4S. The number of esters is 1. The van der Waals surface area contributed by atoms with Crippen molar-refractivity contribution in [2.24, 2.45) is 0 Å². The molecule has 2 aliphatic rings. The van der Waals surface area contributed by atoms with Crippen LogP contribution in [0.4, 0.5) is 10.2 Å². The third kappa shape index (κ3) is 4.69. The largest absolute Gasteiger partial charge is 0.465 e. The molecule has 1 unspecified atom stereocenters. The number of hydrogen-bond donors (Lipinski definition) is 1. The maximum atomic E-state index is 14.9. The molecule has 12 heteroatoms. The first-order valence-corrected chi connectivity index (χ1v) is 13.9. The van der Waals surface area contributed by atoms with Gasteiger partial charge in [-0.1, -0.05) is 30.7 Å². The first-order valence-electron chi connectivity index (χ1n) is 12.5. The van der Waals surface area contributed by atoms with Gasteiger partial charge in [-0.15, -0.1) is 0 Å². The highest BCUT2D eigenvalue weighted by atomic mass is 32.2. The third-order valence-electron chi connectivity index (χ3n) is 6.95. The lowest BCUT2D eigenvalue weighted by Crippen LogP contribution is -2.47. The minimum atomic E-state index is -3.93. The molecule has 1 fully saturated rings. The highest BCUT2D eigenvalue weighted by molar-refractivity contribution is 7.91. The fourth-order valence-electron chi connectivity index (χ4n) is 4.53. The number of pyridine rings is 1. The molecule has 1 atom stereocenters. The number of carbonyl (C=O) groups is 1. The van der Waals surface area contributed by atoms with Crippen molar-refractivity contribution in [3.63, 3.8) is 0 Å². The molecule has 0 spiro atoms. The van der Waals surface area contributed by atoms with Gasteiger partial charge in [0.15, 0.2) is 23.1 Å². The molecule has 0 bridgehead atoms. The zero-order valence-corrected chi connectivity index (χ0v) is 22.0. The molecule has 0 radical (unpaired) electrons. The molecule has 10 nitrogen and oxygen atoms in total. The molecular weight excluding hydrogens is 511 g/mol. The van der Waals surface area contributed by atoms with Gasteiger partial charge < -0.3 is 4.74 Å². The number of aromatic nitrogens is 4. The van der Waals surface area contributed by atoms with E-state index in [-0.39, 0.29) is 36.5 Å². The monoisotopic (exact) mass is 540 g/mol. The first-order chi connectivity index (χ1) is 18.2. The Labute approximate surface area is 220 Å². The summed E-state index contributed by atoms with van der Waals surface area (Å²) in [4.78, 5) is 25.1. The van der Waals surface area contributed by atoms with Crippen molar-refractivity contribution < 1.29 is 22.3 Å². The molecule has 38 heavy (non-hydrogen) atoms. The Morgan fingerprint density at radius 1 is 1.32 bits per heavy atom. The van der Waals surface area contributed by atoms with E-state index in [9.17, 15) is 17.6 Å². The van der Waals surface area contributed by atoms with Gasteiger partial charge in [-0.3, -0.25) is 10.2 Å². The number of nitrogens with zero attached hydrogens (tertiary/aromatic N) is 5. The van der Waals surface area contributed by atoms with E-state index in [2.05, 4.69) is 20.4 Å². The Morgan fingerprint density at radius 2 is 2.13 bits per heavy atom. The molecule has 2 aliphatic carbocycles. The molecule has 3 heterocycles. The Hall–Kier alpha value is -3.64. The van der Waals surface area contributed by atoms with Crippen LogP contribution in [0.15, 0.2) is 55.0 Å². The predicted octanol–water partition coefficient (Wildman–Crippen LogP) is 3.83. The summed E-state index contributed by atoms with van der Waals surface area (Å²) in [7, 11) is -3.93. The minimum absolute atomic E-state index is 0.0341. The summed E-state index contributed by atoms with van der Waals surface area (Å²) in [6.07, 6.45) is 14.0. The van der Waals surface area contributed by atoms with E-state index in [0.717, 1.165) is 29.4 Å². The second-order valence-electron chi connectivity index (χ2n) is 9.54. The predicted molar refractivity (Wildman–Crippen MR) is 141 cm³/mol. The maximum absolute atomic E-state index is 14.9. The molecule has 0 aromatic carbocycles. The maximum Gasteiger partial charge on any atom is 0.322 e. The molecule has 0 amide bonds. The number of fused-ring (bicyclic) bond motifs is 1. The Bertz CT molecular complexity index is 1530. The minimum Gasteiger partial charge on any atom is -0.465 e. The summed E-state index contributed by atoms with van der Waals surface area (Å²) in [6, 6.07) is 3.45. The molecule has 5 rings (SSSR count). The summed E-state index contributed by atoms with van der Waals surface area (Å²) in [6.45, 7) is 3.56. The van der Waals surface area contributed by atoms with Gasteiger partial charge in [0, 0.05) is 29.4 Å². The van der Waals surface area contributed by atoms with E-state index < -0.39 is 26.6 Å². The average Bonchev–Trinajstić information content (AvgIpc) is 3.25. The van der Waals surface area contributed by atoms with Gasteiger partial charge in [-0.05, 0) is 45.2 Å². The zero-order valence-electron chi connectivity index (χ0n) is 21.2. The van der Waals surface area contributed by atoms with Crippen LogP contribution < -0.4 is 5.43 Å². The van der Waals surface area contributed by atoms with Crippen LogP contribution in [0.25, 0.3) is 22.4 Å². The molecule has 3 aromatic heterocycles. The summed E-state index contributed by atoms with van der Waals surface area (Å²) >= 11 is 0. The Morgan fingerprint density at radius 3 is 2.82 bits per heavy atom. The van der Waals surface area contributed by atoms with Crippen LogP contribution >= 0.6 is 0 Å². The second kappa shape index (κ2) is 10.3. The second-order valence-corrected chi connectivity index (χ2v) is 11.8. The van der Waals surface area contributed by atoms with Gasteiger partial charge in [-0.25, -0.2) is 36.7 Å². The zero-order chi connectivity index (χ0) is 26.9. The number of nitrogens with one attached hydrogen (secondary N) is 1. The molecule has 1 saturated carbocycles. The fourth-order valence-corrected chi connectivity index (χ4v) is 6.16. The van der Waals surface area contributed by atoms with Gasteiger partial charge in [-0.2, -0.15) is 0 Å². The van der Waals surface area contributed by atoms with Crippen LogP contribution in [0.3, 0.4) is 0 Å². The lowest BCUT2D eigenvalue weighted by Gasteiger charge is -2.37. The van der Waals surface area contributed by atoms with Gasteiger partial charge in [0.2, 0.25) is 10.0 Å². The number of hydrazine groups is 1. The van der Waals surface area contributed by atoms with Crippen molar-refractivity contribution >= 4 is 32.8 Å². The van der Waals surface area contributed by atoms with Gasteiger partial charge in [0.1, 0.15) is 11.3 Å². The van der Waals surface area contributed by atoms with Crippen LogP contribution in [-0.4, -0.2) is 62.3 Å². The SMILES string of the molecule is CCOC(=O)CN(Nc1nc(-c2cn(S(=O)(=O)C3(C)C=CC=CC3)c3ncccc23)ncc1F)C1CCC1. The average molecular weight is 541 g/mol. The van der Waals surface area contributed by atoms with E-state index in [1.807, 2.05) is 12.2 Å². The van der Waals surface area contributed by atoms with Crippen molar-refractivity contribution in [1.82, 2.24) is 23.9 Å². The van der Waals surface area contributed by atoms with Crippen molar-refractivity contribution in [2.75, 3.05) is 18.6 Å². The lowest BCUT2D eigenvalue weighted by molar-refractivity contribution is -0.145. The van der Waals surface area contributed by atoms with Crippen LogP contribution in [-0.2, 0) is 19.6 Å². The van der Waals surface area contributed by atoms with E-state index >= 15 is 0 Å². The molecule has 1 N–H and O–H groups in total. The van der Waals surface area contributed by atoms with Crippen molar-refractivity contribution in [2.45, 2.75) is 50.3 Å². The highest BCUT2D eigenvalue weighted by Crippen LogP contribution is 2.35. The van der Waals surface area contributed by atoms with E-state index in [1.54, 1.807) is 43.1 Å². The van der Waals surface area contributed by atoms with Gasteiger partial charge in [0.25, 0.3) is 0 Å². The third-order valence-corrected chi connectivity index (χ3v) is 9.23. The van der Waals surface area contributed by atoms with Gasteiger partial charge >= 0.3 is 5.97 Å². The quantitative estimate of drug-likeness (QED) is 0.319. The van der Waals surface area contributed by atoms with Gasteiger partial charge in [0.05, 0.1) is 12.8 Å². The smallest absolute Gasteiger partial charge is 0.322 e. The molecule has 3 aromatic rings. The molecule has 0 aliphatic heterocycles. The Balaban J connectivity index is 1.54. The highest BCUT2D eigenvalue weighted by Gasteiger charge is 2.39. The number of ether oxygens (including phenoxy) is 1.